The Balaban J connectivity index is 2.52. The molecule has 18 heavy (non-hydrogen) atoms. The number of nitrogens with zero attached hydrogens (tertiary/aromatic N) is 1. The lowest BCUT2D eigenvalue weighted by molar-refractivity contribution is -0.0994. The van der Waals surface area contributed by atoms with Gasteiger partial charge < -0.3 is 18.9 Å². The number of hydrogen-bond donors (Lipinski definition) is 0. The molecule has 0 aliphatic carbocycles. The van der Waals surface area contributed by atoms with Gasteiger partial charge in [0.2, 0.25) is 0 Å². The number of hydrogen-bond acceptors (Lipinski definition) is 4. The van der Waals surface area contributed by atoms with E-state index >= 15 is 0 Å². The average molecular weight is 254 g/mol. The van der Waals surface area contributed by atoms with E-state index in [1.165, 1.54) is 0 Å². The van der Waals surface area contributed by atoms with Crippen molar-refractivity contribution in [2.24, 2.45) is 0 Å². The van der Waals surface area contributed by atoms with E-state index in [0.29, 0.717) is 24.6 Å². The topological polar surface area (TPSA) is 51.0 Å². The molecule has 0 N–H and O–H groups in total. The van der Waals surface area contributed by atoms with E-state index in [1.54, 1.807) is 28.4 Å². The van der Waals surface area contributed by atoms with Crippen LogP contribution in [0.2, 0.25) is 0 Å². The minimum Gasteiger partial charge on any atom is -0.493 e. The summed E-state index contributed by atoms with van der Waals surface area (Å²) in [5.74, 6) is 1.42. The van der Waals surface area contributed by atoms with E-state index in [9.17, 15) is 0 Å². The zero-order valence-corrected chi connectivity index (χ0v) is 11.3. The molecular weight excluding hydrogens is 234 g/mol. The molecule has 1 aromatic carbocycles. The van der Waals surface area contributed by atoms with Crippen molar-refractivity contribution in [3.63, 3.8) is 0 Å². The molecule has 0 amide bonds. The fraction of sp³-hybridized carbons (Fsp3) is 0.538. The minimum absolute atomic E-state index is 0.287. The maximum absolute atomic E-state index is 5.23. The summed E-state index contributed by atoms with van der Waals surface area (Å²) in [5, 5.41) is 4.37. The van der Waals surface area contributed by atoms with Gasteiger partial charge in [-0.05, 0) is 17.7 Å². The second-order valence-electron chi connectivity index (χ2n) is 3.65. The lowest BCUT2D eigenvalue weighted by Crippen LogP contribution is -2.24. The van der Waals surface area contributed by atoms with Gasteiger partial charge in [0.05, 0.1) is 20.8 Å². The molecule has 5 nitrogen and oxygen atoms in total. The van der Waals surface area contributed by atoms with Crippen LogP contribution in [0.4, 0.5) is 0 Å². The smallest absolute Gasteiger partial charge is 0.170 e. The summed E-state index contributed by atoms with van der Waals surface area (Å²) in [6.07, 6.45) is -0.287. The van der Waals surface area contributed by atoms with Crippen molar-refractivity contribution in [2.45, 2.75) is 12.8 Å². The highest BCUT2D eigenvalue weighted by Crippen LogP contribution is 2.27. The Kier molecular flexibility index (Phi) is 6.49. The van der Waals surface area contributed by atoms with E-state index in [2.05, 4.69) is 5.32 Å². The summed E-state index contributed by atoms with van der Waals surface area (Å²) in [4.78, 5) is 0. The molecule has 0 heterocycles. The number of benzene rings is 1. The summed E-state index contributed by atoms with van der Waals surface area (Å²) >= 11 is 0. The fourth-order valence-electron chi connectivity index (χ4n) is 1.52. The zero-order chi connectivity index (χ0) is 13.4. The highest BCUT2D eigenvalue weighted by Gasteiger charge is 2.07. The van der Waals surface area contributed by atoms with Crippen molar-refractivity contribution >= 4 is 0 Å². The van der Waals surface area contributed by atoms with Crippen molar-refractivity contribution in [3.8, 4) is 11.5 Å². The first-order valence-corrected chi connectivity index (χ1v) is 5.64. The SMILES string of the molecule is COc1ccc(C[N]CC(OC)OC)cc1OC. The molecule has 101 valence electrons. The van der Waals surface area contributed by atoms with Gasteiger partial charge in [-0.2, -0.15) is 0 Å². The van der Waals surface area contributed by atoms with E-state index in [4.69, 9.17) is 18.9 Å². The van der Waals surface area contributed by atoms with Gasteiger partial charge in [0.1, 0.15) is 0 Å². The summed E-state index contributed by atoms with van der Waals surface area (Å²) in [6, 6.07) is 5.74. The molecule has 5 heteroatoms. The van der Waals surface area contributed by atoms with Crippen LogP contribution < -0.4 is 14.8 Å². The van der Waals surface area contributed by atoms with E-state index in [-0.39, 0.29) is 6.29 Å². The van der Waals surface area contributed by atoms with Crippen molar-refractivity contribution in [1.29, 1.82) is 0 Å². The third kappa shape index (κ3) is 4.18. The van der Waals surface area contributed by atoms with Crippen molar-refractivity contribution in [2.75, 3.05) is 35.0 Å². The van der Waals surface area contributed by atoms with E-state index in [0.717, 1.165) is 5.56 Å². The molecule has 0 atom stereocenters. The first kappa shape index (κ1) is 14.8. The standard InChI is InChI=1S/C13H20NO4/c1-15-11-6-5-10(7-12(11)16-2)8-14-9-13(17-3)18-4/h5-7,13H,8-9H2,1-4H3. The molecule has 0 saturated carbocycles. The fourth-order valence-corrected chi connectivity index (χ4v) is 1.52. The van der Waals surface area contributed by atoms with Crippen LogP contribution in [0.25, 0.3) is 0 Å². The third-order valence-corrected chi connectivity index (χ3v) is 2.55. The lowest BCUT2D eigenvalue weighted by Gasteiger charge is -2.13. The number of rotatable bonds is 8. The first-order valence-electron chi connectivity index (χ1n) is 5.64. The molecule has 1 radical (unpaired) electrons. The van der Waals surface area contributed by atoms with Gasteiger partial charge in [-0.3, -0.25) is 0 Å². The first-order chi connectivity index (χ1) is 8.74. The monoisotopic (exact) mass is 254 g/mol. The highest BCUT2D eigenvalue weighted by molar-refractivity contribution is 5.42. The Morgan fingerprint density at radius 2 is 1.67 bits per heavy atom. The van der Waals surface area contributed by atoms with Crippen molar-refractivity contribution < 1.29 is 18.9 Å². The van der Waals surface area contributed by atoms with Crippen LogP contribution in [0, 0.1) is 0 Å². The predicted octanol–water partition coefficient (Wildman–Crippen LogP) is 1.43. The normalized spacial score (nSPS) is 10.7. The van der Waals surface area contributed by atoms with Crippen LogP contribution in [0.5, 0.6) is 11.5 Å². The van der Waals surface area contributed by atoms with Crippen LogP contribution in [0.3, 0.4) is 0 Å². The predicted molar refractivity (Wildman–Crippen MR) is 68.1 cm³/mol. The summed E-state index contributed by atoms with van der Waals surface area (Å²) in [5.41, 5.74) is 1.05. The molecule has 0 unspecified atom stereocenters. The molecular formula is C13H20NO4. The van der Waals surface area contributed by atoms with Gasteiger partial charge in [0.15, 0.2) is 17.8 Å². The Morgan fingerprint density at radius 1 is 1.00 bits per heavy atom. The Bertz CT molecular complexity index is 353. The minimum atomic E-state index is -0.287. The van der Waals surface area contributed by atoms with Crippen LogP contribution in [-0.2, 0) is 16.0 Å². The third-order valence-electron chi connectivity index (χ3n) is 2.55. The van der Waals surface area contributed by atoms with Crippen LogP contribution >= 0.6 is 0 Å². The average Bonchev–Trinajstić information content (AvgIpc) is 2.43. The summed E-state index contributed by atoms with van der Waals surface area (Å²) in [6.45, 7) is 1.09. The lowest BCUT2D eigenvalue weighted by atomic mass is 10.2. The van der Waals surface area contributed by atoms with E-state index in [1.807, 2.05) is 18.2 Å². The molecule has 0 fully saturated rings. The van der Waals surface area contributed by atoms with E-state index < -0.39 is 0 Å². The summed E-state index contributed by atoms with van der Waals surface area (Å²) < 4.78 is 20.5. The highest BCUT2D eigenvalue weighted by atomic mass is 16.7. The van der Waals surface area contributed by atoms with Gasteiger partial charge in [-0.25, -0.2) is 5.32 Å². The molecule has 1 aromatic rings. The van der Waals surface area contributed by atoms with Gasteiger partial charge in [-0.1, -0.05) is 6.07 Å². The molecule has 0 spiro atoms. The number of ether oxygens (including phenoxy) is 4. The van der Waals surface area contributed by atoms with Crippen LogP contribution in [0.1, 0.15) is 5.56 Å². The Hall–Kier alpha value is -1.30. The Morgan fingerprint density at radius 3 is 2.22 bits per heavy atom. The molecule has 0 aliphatic heterocycles. The second-order valence-corrected chi connectivity index (χ2v) is 3.65. The zero-order valence-electron chi connectivity index (χ0n) is 11.3. The second kappa shape index (κ2) is 7.92. The largest absolute Gasteiger partial charge is 0.493 e. The quantitative estimate of drug-likeness (QED) is 0.658. The van der Waals surface area contributed by atoms with Crippen molar-refractivity contribution in [1.82, 2.24) is 5.32 Å². The number of methoxy groups -OCH3 is 4. The maximum Gasteiger partial charge on any atom is 0.170 e. The molecule has 1 rings (SSSR count). The molecule has 0 bridgehead atoms. The van der Waals surface area contributed by atoms with Crippen LogP contribution in [0.15, 0.2) is 18.2 Å². The van der Waals surface area contributed by atoms with Crippen LogP contribution in [-0.4, -0.2) is 41.3 Å². The maximum atomic E-state index is 5.23. The Labute approximate surface area is 108 Å². The van der Waals surface area contributed by atoms with Gasteiger partial charge >= 0.3 is 0 Å². The van der Waals surface area contributed by atoms with Gasteiger partial charge in [-0.15, -0.1) is 0 Å². The summed E-state index contributed by atoms with van der Waals surface area (Å²) in [7, 11) is 6.43. The van der Waals surface area contributed by atoms with Crippen molar-refractivity contribution in [3.05, 3.63) is 23.8 Å². The molecule has 0 aromatic heterocycles. The van der Waals surface area contributed by atoms with Gasteiger partial charge in [0, 0.05) is 20.8 Å². The molecule has 0 saturated heterocycles. The molecule has 0 aliphatic rings. The van der Waals surface area contributed by atoms with Gasteiger partial charge in [0.25, 0.3) is 0 Å².